The third-order valence-electron chi connectivity index (χ3n) is 1.37. The third-order valence-corrected chi connectivity index (χ3v) is 1.81. The molecule has 0 bridgehead atoms. The summed E-state index contributed by atoms with van der Waals surface area (Å²) < 4.78 is 54.4. The lowest BCUT2D eigenvalue weighted by Gasteiger charge is -2.22. The van der Waals surface area contributed by atoms with Crippen molar-refractivity contribution in [3.8, 4) is 0 Å². The van der Waals surface area contributed by atoms with Gasteiger partial charge < -0.3 is 13.8 Å². The summed E-state index contributed by atoms with van der Waals surface area (Å²) in [5.41, 5.74) is 0. The van der Waals surface area contributed by atoms with Crippen LogP contribution in [-0.4, -0.2) is 63.6 Å². The second-order valence-electron chi connectivity index (χ2n) is 4.18. The van der Waals surface area contributed by atoms with Crippen LogP contribution in [0.1, 0.15) is 0 Å². The van der Waals surface area contributed by atoms with Gasteiger partial charge in [-0.15, -0.1) is 0 Å². The van der Waals surface area contributed by atoms with E-state index in [2.05, 4.69) is 21.1 Å². The molecule has 1 atom stereocenters. The van der Waals surface area contributed by atoms with Crippen molar-refractivity contribution in [2.24, 2.45) is 0 Å². The first-order valence-corrected chi connectivity index (χ1v) is 5.64. The van der Waals surface area contributed by atoms with Crippen molar-refractivity contribution in [3.63, 3.8) is 0 Å². The molecule has 0 aromatic rings. The number of epoxide rings is 1. The maximum absolute atomic E-state index is 10.6. The number of quaternary nitrogens is 1. The zero-order valence-corrected chi connectivity index (χ0v) is 9.63. The van der Waals surface area contributed by atoms with Gasteiger partial charge in [-0.1, -0.05) is 0 Å². The summed E-state index contributed by atoms with van der Waals surface area (Å²) in [4.78, 5) is 0. The van der Waals surface area contributed by atoms with E-state index in [0.29, 0.717) is 6.10 Å². The Hall–Kier alpha value is -0.310. The highest BCUT2D eigenvalue weighted by Crippen LogP contribution is 2.11. The van der Waals surface area contributed by atoms with Crippen LogP contribution in [-0.2, 0) is 14.9 Å². The molecule has 92 valence electrons. The summed E-state index contributed by atoms with van der Waals surface area (Å²) in [5.74, 6) is -3.78. The molecule has 1 heterocycles. The van der Waals surface area contributed by atoms with E-state index in [1.807, 2.05) is 0 Å². The first-order valence-electron chi connectivity index (χ1n) is 4.17. The third kappa shape index (κ3) is 9.98. The Bertz CT molecular complexity index is 282. The zero-order chi connectivity index (χ0) is 12.3. The lowest BCUT2D eigenvalue weighted by molar-refractivity contribution is -0.870. The highest BCUT2D eigenvalue weighted by Gasteiger charge is 2.28. The number of likely N-dealkylation sites (N-methyl/N-ethyl adjacent to an activating group) is 1. The lowest BCUT2D eigenvalue weighted by Crippen LogP contribution is -2.37. The van der Waals surface area contributed by atoms with Gasteiger partial charge in [-0.3, -0.25) is 0 Å². The van der Waals surface area contributed by atoms with Crippen LogP contribution in [0.2, 0.25) is 0 Å². The molecule has 1 unspecified atom stereocenters. The fourth-order valence-electron chi connectivity index (χ4n) is 0.784. The monoisotopic (exact) mass is 247 g/mol. The highest BCUT2D eigenvalue weighted by atomic mass is 32.2. The Morgan fingerprint density at radius 3 is 1.87 bits per heavy atom. The molecule has 1 fully saturated rings. The molecule has 5 nitrogen and oxygen atoms in total. The molecular formula is C7H15F2NO4S. The molecule has 0 spiro atoms. The molecule has 0 aromatic heterocycles. The molecule has 1 rings (SSSR count). The maximum atomic E-state index is 10.6. The summed E-state index contributed by atoms with van der Waals surface area (Å²) in [7, 11) is 1.22. The molecule has 0 N–H and O–H groups in total. The molecule has 1 aliphatic heterocycles. The van der Waals surface area contributed by atoms with Crippen LogP contribution in [0.5, 0.6) is 0 Å². The lowest BCUT2D eigenvalue weighted by atomic mass is 10.4. The average molecular weight is 247 g/mol. The molecule has 15 heavy (non-hydrogen) atoms. The Balaban J connectivity index is 0.000000265. The van der Waals surface area contributed by atoms with Crippen LogP contribution in [0.25, 0.3) is 0 Å². The molecule has 0 aliphatic carbocycles. The minimum absolute atomic E-state index is 0.565. The number of nitrogens with zero attached hydrogens (tertiary/aromatic N) is 1. The standard InChI is InChI=1S/C6H14NO.CH2F2O3S/c1-7(2,3)4-6-5-8-6;2-1(3)7(4,5)6/h6H,4-5H2,1-3H3;1H,(H,4,5,6)/q+1;/p-1. The maximum Gasteiger partial charge on any atom is 0.325 e. The summed E-state index contributed by atoms with van der Waals surface area (Å²) in [5, 5.41) is 0. The van der Waals surface area contributed by atoms with Crippen LogP contribution in [0.4, 0.5) is 8.78 Å². The second-order valence-corrected chi connectivity index (χ2v) is 5.52. The molecule has 1 saturated heterocycles. The number of halogens is 2. The van der Waals surface area contributed by atoms with Gasteiger partial charge in [0.25, 0.3) is 0 Å². The number of ether oxygens (including phenoxy) is 1. The Kier molecular flexibility index (Phi) is 5.04. The molecule has 0 radical (unpaired) electrons. The summed E-state index contributed by atoms with van der Waals surface area (Å²) >= 11 is 0. The fourth-order valence-corrected chi connectivity index (χ4v) is 0.784. The van der Waals surface area contributed by atoms with Gasteiger partial charge >= 0.3 is 5.76 Å². The summed E-state index contributed by atoms with van der Waals surface area (Å²) in [6.07, 6.45) is 0.565. The van der Waals surface area contributed by atoms with Gasteiger partial charge in [0.15, 0.2) is 10.1 Å². The Labute approximate surface area is 88.0 Å². The average Bonchev–Trinajstić information content (AvgIpc) is 2.66. The summed E-state index contributed by atoms with van der Waals surface area (Å²) in [6.45, 7) is 2.13. The van der Waals surface area contributed by atoms with Crippen LogP contribution in [0.15, 0.2) is 0 Å². The fraction of sp³-hybridized carbons (Fsp3) is 1.00. The van der Waals surface area contributed by atoms with Gasteiger partial charge in [-0.2, -0.15) is 8.78 Å². The number of rotatable bonds is 3. The van der Waals surface area contributed by atoms with Crippen molar-refractivity contribution in [1.29, 1.82) is 0 Å². The van der Waals surface area contributed by atoms with Gasteiger partial charge in [0.1, 0.15) is 12.6 Å². The van der Waals surface area contributed by atoms with Gasteiger partial charge in [0.05, 0.1) is 27.7 Å². The van der Waals surface area contributed by atoms with Gasteiger partial charge in [0, 0.05) is 0 Å². The number of hydrogen-bond donors (Lipinski definition) is 0. The smallest absolute Gasteiger partial charge is 0.325 e. The topological polar surface area (TPSA) is 69.7 Å². The first kappa shape index (κ1) is 14.7. The van der Waals surface area contributed by atoms with Crippen LogP contribution in [0, 0.1) is 0 Å². The van der Waals surface area contributed by atoms with Gasteiger partial charge in [-0.05, 0) is 0 Å². The van der Waals surface area contributed by atoms with Crippen molar-refractivity contribution in [3.05, 3.63) is 0 Å². The number of alkyl halides is 2. The largest absolute Gasteiger partial charge is 0.744 e. The van der Waals surface area contributed by atoms with E-state index in [9.17, 15) is 8.78 Å². The van der Waals surface area contributed by atoms with E-state index in [4.69, 9.17) is 17.7 Å². The highest BCUT2D eigenvalue weighted by molar-refractivity contribution is 7.86. The number of hydrogen-bond acceptors (Lipinski definition) is 4. The van der Waals surface area contributed by atoms with Crippen molar-refractivity contribution in [2.45, 2.75) is 11.9 Å². The molecule has 0 amide bonds. The molecule has 8 heteroatoms. The van der Waals surface area contributed by atoms with Crippen molar-refractivity contribution >= 4 is 10.1 Å². The first-order chi connectivity index (χ1) is 6.52. The zero-order valence-electron chi connectivity index (χ0n) is 8.81. The quantitative estimate of drug-likeness (QED) is 0.395. The molecular weight excluding hydrogens is 232 g/mol. The van der Waals surface area contributed by atoms with Crippen molar-refractivity contribution < 1.29 is 31.0 Å². The second kappa shape index (κ2) is 5.15. The molecule has 1 aliphatic rings. The van der Waals surface area contributed by atoms with Gasteiger partial charge in [-0.25, -0.2) is 8.42 Å². The Morgan fingerprint density at radius 1 is 1.47 bits per heavy atom. The van der Waals surface area contributed by atoms with E-state index < -0.39 is 15.9 Å². The van der Waals surface area contributed by atoms with Crippen molar-refractivity contribution in [2.75, 3.05) is 34.3 Å². The summed E-state index contributed by atoms with van der Waals surface area (Å²) in [6, 6.07) is 0. The van der Waals surface area contributed by atoms with Crippen molar-refractivity contribution in [1.82, 2.24) is 0 Å². The van der Waals surface area contributed by atoms with Crippen LogP contribution >= 0.6 is 0 Å². The SMILES string of the molecule is C[N+](C)(C)CC1CO1.O=S(=O)([O-])C(F)F. The normalized spacial score (nSPS) is 20.9. The van der Waals surface area contributed by atoms with E-state index in [0.717, 1.165) is 17.6 Å². The van der Waals surface area contributed by atoms with E-state index >= 15 is 0 Å². The predicted octanol–water partition coefficient (Wildman–Crippen LogP) is -0.154. The Morgan fingerprint density at radius 2 is 1.80 bits per heavy atom. The van der Waals surface area contributed by atoms with Crippen LogP contribution in [0.3, 0.4) is 0 Å². The van der Waals surface area contributed by atoms with E-state index in [1.54, 1.807) is 0 Å². The van der Waals surface area contributed by atoms with Crippen LogP contribution < -0.4 is 0 Å². The van der Waals surface area contributed by atoms with E-state index in [1.165, 1.54) is 0 Å². The minimum atomic E-state index is -5.32. The van der Waals surface area contributed by atoms with Gasteiger partial charge in [0.2, 0.25) is 0 Å². The minimum Gasteiger partial charge on any atom is -0.744 e. The predicted molar refractivity (Wildman–Crippen MR) is 48.3 cm³/mol. The molecule has 0 aromatic carbocycles. The molecule has 0 saturated carbocycles. The van der Waals surface area contributed by atoms with E-state index in [-0.39, 0.29) is 0 Å².